The van der Waals surface area contributed by atoms with E-state index in [0.29, 0.717) is 36.4 Å². The molecule has 3 aromatic rings. The van der Waals surface area contributed by atoms with E-state index in [0.717, 1.165) is 11.3 Å². The van der Waals surface area contributed by atoms with Crippen molar-refractivity contribution in [2.24, 2.45) is 5.92 Å². The molecule has 2 heterocycles. The molecule has 4 atom stereocenters. The molecule has 10 heteroatoms. The smallest absolute Gasteiger partial charge is 0.255 e. The summed E-state index contributed by atoms with van der Waals surface area (Å²) in [5, 5.41) is 20.4. The molecule has 2 aromatic carbocycles. The minimum absolute atomic E-state index is 0.0286. The van der Waals surface area contributed by atoms with Crippen molar-refractivity contribution in [3.63, 3.8) is 0 Å². The van der Waals surface area contributed by atoms with Crippen LogP contribution in [0.1, 0.15) is 41.1 Å². The number of hydrogen-bond donors (Lipinski definition) is 3. The molecule has 1 aliphatic rings. The van der Waals surface area contributed by atoms with Crippen molar-refractivity contribution in [2.75, 3.05) is 19.0 Å². The first-order valence-electron chi connectivity index (χ1n) is 12.6. The van der Waals surface area contributed by atoms with Gasteiger partial charge in [0.05, 0.1) is 11.8 Å². The number of amides is 1. The number of nitrogens with zero attached hydrogens (tertiary/aromatic N) is 3. The van der Waals surface area contributed by atoms with Crippen molar-refractivity contribution in [1.82, 2.24) is 15.0 Å². The van der Waals surface area contributed by atoms with Gasteiger partial charge in [0.1, 0.15) is 11.9 Å². The number of carbonyl (C=O) groups is 1. The maximum absolute atomic E-state index is 12.7. The van der Waals surface area contributed by atoms with Crippen LogP contribution in [0.2, 0.25) is 18.6 Å². The Balaban J connectivity index is 1.54. The Morgan fingerprint density at radius 3 is 2.68 bits per heavy atom. The maximum atomic E-state index is 12.7. The fourth-order valence-electron chi connectivity index (χ4n) is 5.12. The molecule has 0 fully saturated rings. The SMILES string of the molecule is CO[C@H]1c2cc(NC(=O)c3ccccc3)ccc2O[C@@H](C(CCn2cc(CCO)nn2)[Si](C)(C)O)[C@@H]1C. The predicted molar refractivity (Wildman–Crippen MR) is 143 cm³/mol. The number of anilines is 1. The molecule has 0 saturated heterocycles. The molecule has 1 aromatic heterocycles. The van der Waals surface area contributed by atoms with E-state index >= 15 is 0 Å². The molecule has 1 unspecified atom stereocenters. The summed E-state index contributed by atoms with van der Waals surface area (Å²) in [4.78, 5) is 23.9. The highest BCUT2D eigenvalue weighted by Crippen LogP contribution is 2.47. The Bertz CT molecular complexity index is 1200. The van der Waals surface area contributed by atoms with Crippen LogP contribution < -0.4 is 10.1 Å². The number of aliphatic hydroxyl groups excluding tert-OH is 1. The number of nitrogens with one attached hydrogen (secondary N) is 1. The van der Waals surface area contributed by atoms with Crippen LogP contribution in [0.3, 0.4) is 0 Å². The van der Waals surface area contributed by atoms with Crippen LogP contribution in [-0.4, -0.2) is 58.9 Å². The molecule has 4 rings (SSSR count). The Morgan fingerprint density at radius 1 is 1.24 bits per heavy atom. The zero-order valence-corrected chi connectivity index (χ0v) is 22.8. The first kappa shape index (κ1) is 27.0. The van der Waals surface area contributed by atoms with Crippen molar-refractivity contribution >= 4 is 19.9 Å². The number of methoxy groups -OCH3 is 1. The van der Waals surface area contributed by atoms with Gasteiger partial charge in [0.2, 0.25) is 0 Å². The third-order valence-corrected chi connectivity index (χ3v) is 9.48. The average molecular weight is 525 g/mol. The summed E-state index contributed by atoms with van der Waals surface area (Å²) in [6, 6.07) is 14.7. The van der Waals surface area contributed by atoms with Crippen LogP contribution in [0.15, 0.2) is 54.7 Å². The molecule has 0 aliphatic carbocycles. The normalized spacial score (nSPS) is 20.1. The lowest BCUT2D eigenvalue weighted by atomic mass is 9.86. The molecular weight excluding hydrogens is 488 g/mol. The zero-order chi connectivity index (χ0) is 26.6. The predicted octanol–water partition coefficient (Wildman–Crippen LogP) is 3.81. The van der Waals surface area contributed by atoms with Crippen molar-refractivity contribution in [2.45, 2.75) is 57.2 Å². The second-order valence-electron chi connectivity index (χ2n) is 10.2. The van der Waals surface area contributed by atoms with Gasteiger partial charge in [0, 0.05) is 61.2 Å². The molecule has 37 heavy (non-hydrogen) atoms. The number of aliphatic hydroxyl groups is 1. The average Bonchev–Trinajstić information content (AvgIpc) is 3.32. The summed E-state index contributed by atoms with van der Waals surface area (Å²) < 4.78 is 14.3. The van der Waals surface area contributed by atoms with E-state index in [2.05, 4.69) is 22.6 Å². The number of carbonyl (C=O) groups excluding carboxylic acids is 1. The maximum Gasteiger partial charge on any atom is 0.255 e. The van der Waals surface area contributed by atoms with Crippen molar-refractivity contribution in [1.29, 1.82) is 0 Å². The number of rotatable bonds is 10. The molecule has 0 bridgehead atoms. The second-order valence-corrected chi connectivity index (χ2v) is 14.2. The number of aromatic nitrogens is 3. The molecule has 0 spiro atoms. The van der Waals surface area contributed by atoms with Gasteiger partial charge in [-0.05, 0) is 49.8 Å². The van der Waals surface area contributed by atoms with E-state index < -0.39 is 8.32 Å². The summed E-state index contributed by atoms with van der Waals surface area (Å²) in [5.41, 5.74) is 2.78. The molecular formula is C27H36N4O5Si. The molecule has 0 saturated carbocycles. The topological polar surface area (TPSA) is 119 Å². The van der Waals surface area contributed by atoms with Gasteiger partial charge >= 0.3 is 0 Å². The largest absolute Gasteiger partial charge is 0.490 e. The Hall–Kier alpha value is -3.05. The van der Waals surface area contributed by atoms with Crippen molar-refractivity contribution in [3.8, 4) is 5.75 Å². The standard InChI is InChI=1S/C27H36N4O5Si/c1-18-25(35-2)22-16-20(28-27(33)19-8-6-5-7-9-19)10-11-23(22)36-26(18)24(37(3,4)34)12-14-31-17-21(13-15-32)29-30-31/h5-11,16-18,24-26,32,34H,12-15H2,1-4H3,(H,28,33)/t18-,24?,25-,26-/m1/s1. The first-order valence-corrected chi connectivity index (χ1v) is 15.7. The van der Waals surface area contributed by atoms with Gasteiger partial charge in [-0.15, -0.1) is 5.10 Å². The van der Waals surface area contributed by atoms with E-state index in [1.165, 1.54) is 0 Å². The van der Waals surface area contributed by atoms with Crippen LogP contribution in [0.4, 0.5) is 5.69 Å². The summed E-state index contributed by atoms with van der Waals surface area (Å²) >= 11 is 0. The van der Waals surface area contributed by atoms with Gasteiger partial charge in [0.25, 0.3) is 5.91 Å². The number of benzene rings is 2. The van der Waals surface area contributed by atoms with Crippen LogP contribution in [-0.2, 0) is 17.7 Å². The minimum Gasteiger partial charge on any atom is -0.490 e. The lowest BCUT2D eigenvalue weighted by Crippen LogP contribution is -2.48. The number of aryl methyl sites for hydroxylation is 1. The van der Waals surface area contributed by atoms with Crippen LogP contribution in [0.5, 0.6) is 5.75 Å². The van der Waals surface area contributed by atoms with E-state index in [1.807, 2.05) is 55.7 Å². The van der Waals surface area contributed by atoms with Gasteiger partial charge in [-0.25, -0.2) is 0 Å². The van der Waals surface area contributed by atoms with Crippen molar-refractivity contribution < 1.29 is 24.2 Å². The van der Waals surface area contributed by atoms with E-state index in [1.54, 1.807) is 23.9 Å². The monoisotopic (exact) mass is 524 g/mol. The molecule has 0 radical (unpaired) electrons. The van der Waals surface area contributed by atoms with E-state index in [4.69, 9.17) is 14.6 Å². The third kappa shape index (κ3) is 6.27. The summed E-state index contributed by atoms with van der Waals surface area (Å²) in [6.07, 6.45) is 2.46. The highest BCUT2D eigenvalue weighted by atomic mass is 28.4. The van der Waals surface area contributed by atoms with Gasteiger partial charge in [-0.3, -0.25) is 9.48 Å². The Kier molecular flexibility index (Phi) is 8.43. The lowest BCUT2D eigenvalue weighted by molar-refractivity contribution is -0.0247. The van der Waals surface area contributed by atoms with Crippen LogP contribution >= 0.6 is 0 Å². The van der Waals surface area contributed by atoms with Crippen LogP contribution in [0, 0.1) is 5.92 Å². The van der Waals surface area contributed by atoms with Crippen LogP contribution in [0.25, 0.3) is 0 Å². The third-order valence-electron chi connectivity index (χ3n) is 7.05. The second kappa shape index (κ2) is 11.6. The van der Waals surface area contributed by atoms with E-state index in [-0.39, 0.29) is 36.2 Å². The summed E-state index contributed by atoms with van der Waals surface area (Å²) in [5.74, 6) is 0.476. The first-order chi connectivity index (χ1) is 17.7. The van der Waals surface area contributed by atoms with E-state index in [9.17, 15) is 9.59 Å². The summed E-state index contributed by atoms with van der Waals surface area (Å²) in [7, 11) is -0.973. The highest BCUT2D eigenvalue weighted by Gasteiger charge is 2.46. The molecule has 9 nitrogen and oxygen atoms in total. The molecule has 198 valence electrons. The summed E-state index contributed by atoms with van der Waals surface area (Å²) in [6.45, 7) is 6.57. The fraction of sp³-hybridized carbons (Fsp3) is 0.444. The molecule has 3 N–H and O–H groups in total. The Morgan fingerprint density at radius 2 is 2.00 bits per heavy atom. The number of fused-ring (bicyclic) bond motifs is 1. The minimum atomic E-state index is -2.65. The molecule has 1 amide bonds. The number of ether oxygens (including phenoxy) is 2. The quantitative estimate of drug-likeness (QED) is 0.345. The Labute approximate surface area is 218 Å². The fourth-order valence-corrected chi connectivity index (χ4v) is 7.13. The van der Waals surface area contributed by atoms with Crippen molar-refractivity contribution in [3.05, 3.63) is 71.5 Å². The van der Waals surface area contributed by atoms with Gasteiger partial charge < -0.3 is 24.7 Å². The molecule has 1 aliphatic heterocycles. The number of hydrogen-bond acceptors (Lipinski definition) is 7. The highest BCUT2D eigenvalue weighted by molar-refractivity contribution is 6.71. The lowest BCUT2D eigenvalue weighted by Gasteiger charge is -2.43. The van der Waals surface area contributed by atoms with Gasteiger partial charge in [0.15, 0.2) is 8.32 Å². The zero-order valence-electron chi connectivity index (χ0n) is 21.8. The van der Waals surface area contributed by atoms with Gasteiger partial charge in [-0.2, -0.15) is 0 Å². The van der Waals surface area contributed by atoms with Gasteiger partial charge in [-0.1, -0.05) is 30.3 Å².